The number of benzene rings is 1. The van der Waals surface area contributed by atoms with Crippen LogP contribution in [-0.4, -0.2) is 72.4 Å². The number of aromatic nitrogens is 2. The zero-order valence-electron chi connectivity index (χ0n) is 23.8. The van der Waals surface area contributed by atoms with Crippen LogP contribution in [0, 0.1) is 23.2 Å². The molecular weight excluding hydrogens is 587 g/mol. The molecule has 1 aromatic carbocycles. The highest BCUT2D eigenvalue weighted by molar-refractivity contribution is 7.90. The molecule has 2 amide bonds. The molecule has 2 N–H and O–H groups in total. The standard InChI is InChI=1S/C31H35N5O5S2/c37-25-3-1-2-23(13-25)24-14-27(42-18-24)30(39)36-8-6-35(7-9-36)28-5-4-26(32-33-28)29(38)34-43(40,41)19-31-15-20-10-21(16-31)12-22(11-20)17-31/h1-5,13-14,18,20-22,37H,6-12,15-17,19H2,(H,34,38). The number of carbonyl (C=O) groups excluding carboxylic acids is 2. The summed E-state index contributed by atoms with van der Waals surface area (Å²) in [5.74, 6) is 1.88. The Hall–Kier alpha value is -3.51. The number of phenolic OH excluding ortho intramolecular Hbond substituents is 1. The summed E-state index contributed by atoms with van der Waals surface area (Å²) in [4.78, 5) is 30.4. The van der Waals surface area contributed by atoms with Crippen LogP contribution in [0.4, 0.5) is 5.82 Å². The third kappa shape index (κ3) is 5.86. The Kier molecular flexibility index (Phi) is 7.16. The van der Waals surface area contributed by atoms with Crippen molar-refractivity contribution in [3.05, 3.63) is 58.4 Å². The van der Waals surface area contributed by atoms with E-state index in [1.54, 1.807) is 29.2 Å². The van der Waals surface area contributed by atoms with Crippen LogP contribution in [0.25, 0.3) is 11.1 Å². The number of sulfonamides is 1. The van der Waals surface area contributed by atoms with E-state index in [9.17, 15) is 23.1 Å². The third-order valence-electron chi connectivity index (χ3n) is 9.67. The number of carbonyl (C=O) groups is 2. The summed E-state index contributed by atoms with van der Waals surface area (Å²) in [6.45, 7) is 2.11. The van der Waals surface area contributed by atoms with Crippen LogP contribution in [-0.2, 0) is 10.0 Å². The second kappa shape index (κ2) is 10.9. The van der Waals surface area contributed by atoms with Crippen LogP contribution in [0.5, 0.6) is 5.75 Å². The first-order valence-electron chi connectivity index (χ1n) is 14.9. The van der Waals surface area contributed by atoms with Gasteiger partial charge in [-0.2, -0.15) is 0 Å². The lowest BCUT2D eigenvalue weighted by Gasteiger charge is -2.56. The van der Waals surface area contributed by atoms with Gasteiger partial charge in [-0.15, -0.1) is 21.5 Å². The minimum absolute atomic E-state index is 0.00633. The predicted molar refractivity (Wildman–Crippen MR) is 163 cm³/mol. The Morgan fingerprint density at radius 2 is 1.63 bits per heavy atom. The van der Waals surface area contributed by atoms with Crippen molar-refractivity contribution >= 4 is 39.0 Å². The maximum atomic E-state index is 13.1. The summed E-state index contributed by atoms with van der Waals surface area (Å²) in [5.41, 5.74) is 1.52. The van der Waals surface area contributed by atoms with Gasteiger partial charge >= 0.3 is 0 Å². The molecule has 1 aliphatic heterocycles. The lowest BCUT2D eigenvalue weighted by atomic mass is 9.50. The Bertz CT molecular complexity index is 1610. The number of amides is 2. The number of aromatic hydroxyl groups is 1. The van der Waals surface area contributed by atoms with E-state index in [2.05, 4.69) is 14.9 Å². The number of thiophene rings is 1. The van der Waals surface area contributed by atoms with E-state index in [1.165, 1.54) is 36.7 Å². The fourth-order valence-electron chi connectivity index (χ4n) is 8.29. The molecule has 4 aliphatic carbocycles. The summed E-state index contributed by atoms with van der Waals surface area (Å²) in [6.07, 6.45) is 6.56. The van der Waals surface area contributed by atoms with Gasteiger partial charge in [-0.3, -0.25) is 9.59 Å². The van der Waals surface area contributed by atoms with Crippen molar-refractivity contribution in [1.82, 2.24) is 19.8 Å². The van der Waals surface area contributed by atoms with Crippen molar-refractivity contribution < 1.29 is 23.1 Å². The first kappa shape index (κ1) is 28.3. The average molecular weight is 622 g/mol. The fraction of sp³-hybridized carbons (Fsp3) is 0.484. The fourth-order valence-corrected chi connectivity index (χ4v) is 10.8. The molecule has 2 aromatic heterocycles. The number of hydrogen-bond acceptors (Lipinski definition) is 9. The Labute approximate surface area is 255 Å². The zero-order chi connectivity index (χ0) is 29.8. The van der Waals surface area contributed by atoms with E-state index in [0.717, 1.165) is 30.4 Å². The number of anilines is 1. The SMILES string of the molecule is O=C(NS(=O)(=O)CC12CC3CC(CC(C3)C1)C2)c1ccc(N2CCN(C(=O)c3cc(-c4cccc(O)c4)cs3)CC2)nn1. The first-order chi connectivity index (χ1) is 20.6. The molecule has 10 nitrogen and oxygen atoms in total. The molecule has 3 aromatic rings. The quantitative estimate of drug-likeness (QED) is 0.402. The van der Waals surface area contributed by atoms with Crippen molar-refractivity contribution in [2.24, 2.45) is 23.2 Å². The van der Waals surface area contributed by atoms with Crippen molar-refractivity contribution in [2.75, 3.05) is 36.8 Å². The molecule has 8 rings (SSSR count). The van der Waals surface area contributed by atoms with Gasteiger partial charge in [0.1, 0.15) is 5.75 Å². The highest BCUT2D eigenvalue weighted by Gasteiger charge is 2.52. The van der Waals surface area contributed by atoms with Gasteiger partial charge in [0.2, 0.25) is 10.0 Å². The molecule has 43 heavy (non-hydrogen) atoms. The average Bonchev–Trinajstić information content (AvgIpc) is 3.46. The normalized spacial score (nSPS) is 26.5. The molecular formula is C31H35N5O5S2. The van der Waals surface area contributed by atoms with Gasteiger partial charge in [-0.05, 0) is 109 Å². The summed E-state index contributed by atoms with van der Waals surface area (Å²) in [6, 6.07) is 12.0. The molecule has 0 radical (unpaired) electrons. The molecule has 0 unspecified atom stereocenters. The van der Waals surface area contributed by atoms with E-state index in [1.807, 2.05) is 22.4 Å². The van der Waals surface area contributed by atoms with Gasteiger partial charge in [-0.25, -0.2) is 13.1 Å². The number of nitrogens with one attached hydrogen (secondary N) is 1. The molecule has 226 valence electrons. The second-order valence-electron chi connectivity index (χ2n) is 12.9. The summed E-state index contributed by atoms with van der Waals surface area (Å²) >= 11 is 1.38. The first-order valence-corrected chi connectivity index (χ1v) is 17.5. The highest BCUT2D eigenvalue weighted by Crippen LogP contribution is 2.60. The molecule has 0 spiro atoms. The van der Waals surface area contributed by atoms with E-state index in [4.69, 9.17) is 0 Å². The van der Waals surface area contributed by atoms with Crippen LogP contribution >= 0.6 is 11.3 Å². The number of piperazine rings is 1. The van der Waals surface area contributed by atoms with Crippen LogP contribution in [0.2, 0.25) is 0 Å². The Balaban J connectivity index is 0.929. The number of phenols is 1. The smallest absolute Gasteiger partial charge is 0.285 e. The van der Waals surface area contributed by atoms with Gasteiger partial charge in [-0.1, -0.05) is 12.1 Å². The highest BCUT2D eigenvalue weighted by atomic mass is 32.2. The lowest BCUT2D eigenvalue weighted by Crippen LogP contribution is -2.51. The zero-order valence-corrected chi connectivity index (χ0v) is 25.4. The van der Waals surface area contributed by atoms with E-state index in [0.29, 0.717) is 54.6 Å². The minimum Gasteiger partial charge on any atom is -0.508 e. The largest absolute Gasteiger partial charge is 0.508 e. The van der Waals surface area contributed by atoms with Gasteiger partial charge in [0.25, 0.3) is 11.8 Å². The van der Waals surface area contributed by atoms with Crippen molar-refractivity contribution in [3.8, 4) is 16.9 Å². The van der Waals surface area contributed by atoms with E-state index < -0.39 is 15.9 Å². The second-order valence-corrected chi connectivity index (χ2v) is 15.5. The van der Waals surface area contributed by atoms with Crippen molar-refractivity contribution in [3.63, 3.8) is 0 Å². The topological polar surface area (TPSA) is 133 Å². The van der Waals surface area contributed by atoms with E-state index in [-0.39, 0.29) is 28.5 Å². The maximum Gasteiger partial charge on any atom is 0.285 e. The van der Waals surface area contributed by atoms with Crippen LogP contribution < -0.4 is 9.62 Å². The van der Waals surface area contributed by atoms with Crippen molar-refractivity contribution in [1.29, 1.82) is 0 Å². The van der Waals surface area contributed by atoms with Crippen molar-refractivity contribution in [2.45, 2.75) is 38.5 Å². The summed E-state index contributed by atoms with van der Waals surface area (Å²) in [5, 5.41) is 19.9. The summed E-state index contributed by atoms with van der Waals surface area (Å²) in [7, 11) is -3.80. The van der Waals surface area contributed by atoms with Gasteiger partial charge in [0.05, 0.1) is 10.6 Å². The number of rotatable bonds is 7. The molecule has 0 atom stereocenters. The molecule has 4 saturated carbocycles. The van der Waals surface area contributed by atoms with Crippen LogP contribution in [0.15, 0.2) is 47.8 Å². The molecule has 12 heteroatoms. The maximum absolute atomic E-state index is 13.1. The van der Waals surface area contributed by atoms with Crippen LogP contribution in [0.1, 0.15) is 58.7 Å². The Morgan fingerprint density at radius 3 is 2.26 bits per heavy atom. The Morgan fingerprint density at radius 1 is 0.930 bits per heavy atom. The summed E-state index contributed by atoms with van der Waals surface area (Å²) < 4.78 is 28.4. The van der Waals surface area contributed by atoms with Gasteiger partial charge in [0.15, 0.2) is 11.5 Å². The minimum atomic E-state index is -3.80. The van der Waals surface area contributed by atoms with Gasteiger partial charge < -0.3 is 14.9 Å². The molecule has 4 bridgehead atoms. The molecule has 1 saturated heterocycles. The predicted octanol–water partition coefficient (Wildman–Crippen LogP) is 4.15. The van der Waals surface area contributed by atoms with E-state index >= 15 is 0 Å². The lowest BCUT2D eigenvalue weighted by molar-refractivity contribution is -0.0391. The molecule has 3 heterocycles. The monoisotopic (exact) mass is 621 g/mol. The number of nitrogens with zero attached hydrogens (tertiary/aromatic N) is 4. The van der Waals surface area contributed by atoms with Gasteiger partial charge in [0, 0.05) is 26.2 Å². The molecule has 5 fully saturated rings. The molecule has 5 aliphatic rings. The number of hydrogen-bond donors (Lipinski definition) is 2. The van der Waals surface area contributed by atoms with Crippen LogP contribution in [0.3, 0.4) is 0 Å². The third-order valence-corrected chi connectivity index (χ3v) is 12.1.